The SMILES string of the molecule is COn1c(NCc2ccc(C(F)(F)F)cc2)nc2c(c1=O)CN(C(=O)COc1ccc(Cl)cc1)CC2. The maximum Gasteiger partial charge on any atom is 0.416 e. The Balaban J connectivity index is 1.44. The fourth-order valence-corrected chi connectivity index (χ4v) is 3.84. The predicted molar refractivity (Wildman–Crippen MR) is 126 cm³/mol. The molecule has 4 rings (SSSR count). The number of benzene rings is 2. The summed E-state index contributed by atoms with van der Waals surface area (Å²) in [7, 11) is 1.30. The molecule has 190 valence electrons. The second kappa shape index (κ2) is 10.5. The van der Waals surface area contributed by atoms with Crippen molar-refractivity contribution >= 4 is 23.5 Å². The van der Waals surface area contributed by atoms with Gasteiger partial charge in [0, 0.05) is 24.5 Å². The van der Waals surface area contributed by atoms with Crippen LogP contribution in [0.1, 0.15) is 22.4 Å². The molecule has 0 bridgehead atoms. The third kappa shape index (κ3) is 5.73. The van der Waals surface area contributed by atoms with Crippen LogP contribution in [0.15, 0.2) is 53.3 Å². The fourth-order valence-electron chi connectivity index (χ4n) is 3.71. The third-order valence-corrected chi connectivity index (χ3v) is 5.89. The zero-order valence-electron chi connectivity index (χ0n) is 19.1. The van der Waals surface area contributed by atoms with Crippen LogP contribution >= 0.6 is 11.6 Å². The molecular formula is C24H22ClF3N4O4. The van der Waals surface area contributed by atoms with E-state index in [1.54, 1.807) is 24.3 Å². The van der Waals surface area contributed by atoms with E-state index >= 15 is 0 Å². The van der Waals surface area contributed by atoms with Crippen LogP contribution in [0.4, 0.5) is 19.1 Å². The van der Waals surface area contributed by atoms with Crippen molar-refractivity contribution in [1.82, 2.24) is 14.6 Å². The molecular weight excluding hydrogens is 501 g/mol. The van der Waals surface area contributed by atoms with Crippen molar-refractivity contribution in [2.45, 2.75) is 25.7 Å². The summed E-state index contributed by atoms with van der Waals surface area (Å²) in [6.45, 7) is 0.319. The lowest BCUT2D eigenvalue weighted by molar-refractivity contribution is -0.137. The van der Waals surface area contributed by atoms with Crippen LogP contribution in [0.3, 0.4) is 0 Å². The molecule has 0 radical (unpaired) electrons. The first kappa shape index (κ1) is 25.4. The number of nitrogens with one attached hydrogen (secondary N) is 1. The van der Waals surface area contributed by atoms with Crippen LogP contribution in [0.25, 0.3) is 0 Å². The van der Waals surface area contributed by atoms with Gasteiger partial charge in [0.2, 0.25) is 5.95 Å². The van der Waals surface area contributed by atoms with Crippen molar-refractivity contribution < 1.29 is 27.5 Å². The van der Waals surface area contributed by atoms with Gasteiger partial charge in [0.05, 0.1) is 23.4 Å². The Hall–Kier alpha value is -3.73. The Kier molecular flexibility index (Phi) is 7.39. The van der Waals surface area contributed by atoms with Crippen molar-refractivity contribution in [2.75, 3.05) is 25.6 Å². The summed E-state index contributed by atoms with van der Waals surface area (Å²) in [6, 6.07) is 11.3. The number of halogens is 4. The summed E-state index contributed by atoms with van der Waals surface area (Å²) in [5.74, 6) is 0.327. The van der Waals surface area contributed by atoms with E-state index in [0.29, 0.717) is 40.6 Å². The lowest BCUT2D eigenvalue weighted by Gasteiger charge is -2.28. The number of hydrogen-bond acceptors (Lipinski definition) is 6. The minimum atomic E-state index is -4.42. The van der Waals surface area contributed by atoms with Gasteiger partial charge in [-0.3, -0.25) is 9.59 Å². The molecule has 1 aliphatic heterocycles. The first-order chi connectivity index (χ1) is 17.2. The lowest BCUT2D eigenvalue weighted by Crippen LogP contribution is -2.43. The standard InChI is InChI=1S/C24H22ClF3N4O4/c1-35-32-22(34)19-13-31(21(33)14-36-18-8-6-17(25)7-9-18)11-10-20(19)30-23(32)29-12-15-2-4-16(5-3-15)24(26,27)28/h2-9H,10-14H2,1H3,(H,29,30). The van der Waals surface area contributed by atoms with Crippen molar-refractivity contribution in [2.24, 2.45) is 0 Å². The Morgan fingerprint density at radius 2 is 1.83 bits per heavy atom. The van der Waals surface area contributed by atoms with E-state index in [1.165, 1.54) is 24.1 Å². The molecule has 0 saturated carbocycles. The molecule has 2 heterocycles. The summed E-state index contributed by atoms with van der Waals surface area (Å²) in [5, 5.41) is 3.49. The highest BCUT2D eigenvalue weighted by Gasteiger charge is 2.30. The molecule has 1 aromatic heterocycles. The summed E-state index contributed by atoms with van der Waals surface area (Å²) in [5.41, 5.74) is 0.183. The second-order valence-corrected chi connectivity index (χ2v) is 8.44. The molecule has 0 fully saturated rings. The quantitative estimate of drug-likeness (QED) is 0.511. The highest BCUT2D eigenvalue weighted by molar-refractivity contribution is 6.30. The first-order valence-electron chi connectivity index (χ1n) is 10.9. The zero-order chi connectivity index (χ0) is 25.9. The highest BCUT2D eigenvalue weighted by atomic mass is 35.5. The number of fused-ring (bicyclic) bond motifs is 1. The first-order valence-corrected chi connectivity index (χ1v) is 11.3. The van der Waals surface area contributed by atoms with Crippen molar-refractivity contribution in [3.05, 3.63) is 86.3 Å². The summed E-state index contributed by atoms with van der Waals surface area (Å²) in [4.78, 5) is 36.9. The number of rotatable bonds is 7. The molecule has 0 saturated heterocycles. The molecule has 0 aliphatic carbocycles. The maximum atomic E-state index is 13.1. The Bertz CT molecular complexity index is 1290. The number of ether oxygens (including phenoxy) is 1. The molecule has 1 aliphatic rings. The molecule has 1 N–H and O–H groups in total. The Morgan fingerprint density at radius 3 is 2.47 bits per heavy atom. The smallest absolute Gasteiger partial charge is 0.416 e. The van der Waals surface area contributed by atoms with Crippen LogP contribution in [-0.4, -0.2) is 40.8 Å². The molecule has 0 spiro atoms. The van der Waals surface area contributed by atoms with Crippen LogP contribution in [-0.2, 0) is 30.5 Å². The molecule has 36 heavy (non-hydrogen) atoms. The number of carbonyl (C=O) groups is 1. The van der Waals surface area contributed by atoms with Gasteiger partial charge < -0.3 is 19.8 Å². The van der Waals surface area contributed by atoms with Gasteiger partial charge in [-0.15, -0.1) is 4.73 Å². The molecule has 0 atom stereocenters. The number of anilines is 1. The van der Waals surface area contributed by atoms with E-state index in [1.807, 2.05) is 0 Å². The largest absolute Gasteiger partial charge is 0.484 e. The average molecular weight is 523 g/mol. The number of nitrogens with zero attached hydrogens (tertiary/aromatic N) is 3. The van der Waals surface area contributed by atoms with E-state index in [-0.39, 0.29) is 31.6 Å². The van der Waals surface area contributed by atoms with Gasteiger partial charge in [0.1, 0.15) is 12.9 Å². The second-order valence-electron chi connectivity index (χ2n) is 8.00. The van der Waals surface area contributed by atoms with Crippen molar-refractivity contribution in [3.63, 3.8) is 0 Å². The van der Waals surface area contributed by atoms with Crippen LogP contribution in [0.5, 0.6) is 5.75 Å². The van der Waals surface area contributed by atoms with Crippen molar-refractivity contribution in [1.29, 1.82) is 0 Å². The predicted octanol–water partition coefficient (Wildman–Crippen LogP) is 3.55. The number of alkyl halides is 3. The number of hydrogen-bond donors (Lipinski definition) is 1. The lowest BCUT2D eigenvalue weighted by atomic mass is 10.1. The van der Waals surface area contributed by atoms with Crippen molar-refractivity contribution in [3.8, 4) is 5.75 Å². The average Bonchev–Trinajstić information content (AvgIpc) is 2.86. The topological polar surface area (TPSA) is 85.7 Å². The Morgan fingerprint density at radius 1 is 1.14 bits per heavy atom. The minimum absolute atomic E-state index is 0.0481. The van der Waals surface area contributed by atoms with Gasteiger partial charge in [-0.1, -0.05) is 23.7 Å². The van der Waals surface area contributed by atoms with E-state index < -0.39 is 17.3 Å². The number of carbonyl (C=O) groups excluding carboxylic acids is 1. The number of amides is 1. The van der Waals surface area contributed by atoms with Crippen LogP contribution < -0.4 is 20.5 Å². The monoisotopic (exact) mass is 522 g/mol. The Labute approximate surface area is 209 Å². The van der Waals surface area contributed by atoms with E-state index in [2.05, 4.69) is 10.3 Å². The molecule has 2 aromatic carbocycles. The van der Waals surface area contributed by atoms with Crippen LogP contribution in [0, 0.1) is 0 Å². The van der Waals surface area contributed by atoms with E-state index in [0.717, 1.165) is 16.9 Å². The van der Waals surface area contributed by atoms with Gasteiger partial charge in [-0.2, -0.15) is 13.2 Å². The van der Waals surface area contributed by atoms with Gasteiger partial charge in [0.15, 0.2) is 6.61 Å². The summed E-state index contributed by atoms with van der Waals surface area (Å²) in [6.07, 6.45) is -4.07. The fraction of sp³-hybridized carbons (Fsp3) is 0.292. The van der Waals surface area contributed by atoms with Gasteiger partial charge in [-0.25, -0.2) is 4.98 Å². The summed E-state index contributed by atoms with van der Waals surface area (Å²) < 4.78 is 44.8. The summed E-state index contributed by atoms with van der Waals surface area (Å²) >= 11 is 5.85. The van der Waals surface area contributed by atoms with E-state index in [9.17, 15) is 22.8 Å². The molecule has 3 aromatic rings. The zero-order valence-corrected chi connectivity index (χ0v) is 19.9. The maximum absolute atomic E-state index is 13.1. The third-order valence-electron chi connectivity index (χ3n) is 5.63. The number of aromatic nitrogens is 2. The molecule has 8 nitrogen and oxygen atoms in total. The minimum Gasteiger partial charge on any atom is -0.484 e. The normalized spacial score (nSPS) is 13.2. The molecule has 1 amide bonds. The highest BCUT2D eigenvalue weighted by Crippen LogP contribution is 2.29. The molecule has 12 heteroatoms. The van der Waals surface area contributed by atoms with Gasteiger partial charge in [-0.05, 0) is 42.0 Å². The molecule has 0 unspecified atom stereocenters. The van der Waals surface area contributed by atoms with E-state index in [4.69, 9.17) is 21.2 Å². The van der Waals surface area contributed by atoms with Crippen LogP contribution in [0.2, 0.25) is 5.02 Å². The van der Waals surface area contributed by atoms with Gasteiger partial charge in [0.25, 0.3) is 11.5 Å². The van der Waals surface area contributed by atoms with Gasteiger partial charge >= 0.3 is 6.18 Å².